The topological polar surface area (TPSA) is 93.5 Å². The molecule has 3 aromatic rings. The highest BCUT2D eigenvalue weighted by molar-refractivity contribution is 6.02. The van der Waals surface area contributed by atoms with Gasteiger partial charge in [0.1, 0.15) is 17.3 Å². The lowest BCUT2D eigenvalue weighted by molar-refractivity contribution is -0.139. The average Bonchev–Trinajstić information content (AvgIpc) is 3.17. The van der Waals surface area contributed by atoms with E-state index in [0.29, 0.717) is 23.8 Å². The lowest BCUT2D eigenvalue weighted by atomic mass is 10.2. The summed E-state index contributed by atoms with van der Waals surface area (Å²) in [5.41, 5.74) is 2.42. The van der Waals surface area contributed by atoms with Crippen LogP contribution in [0.1, 0.15) is 21.6 Å². The Morgan fingerprint density at radius 2 is 2.07 bits per heavy atom. The third kappa shape index (κ3) is 5.80. The van der Waals surface area contributed by atoms with Crippen molar-refractivity contribution in [1.29, 1.82) is 0 Å². The molecule has 0 spiro atoms. The molecule has 0 aliphatic carbocycles. The normalized spacial score (nSPS) is 10.8. The van der Waals surface area contributed by atoms with E-state index >= 15 is 0 Å². The van der Waals surface area contributed by atoms with Gasteiger partial charge in [-0.25, -0.2) is 9.78 Å². The summed E-state index contributed by atoms with van der Waals surface area (Å²) < 4.78 is 7.00. The number of hydrogen-bond donors (Lipinski definition) is 2. The summed E-state index contributed by atoms with van der Waals surface area (Å²) in [6.07, 6.45) is 7.33. The summed E-state index contributed by atoms with van der Waals surface area (Å²) in [6.45, 7) is 2.05. The van der Waals surface area contributed by atoms with E-state index in [2.05, 4.69) is 10.3 Å². The molecule has 2 heterocycles. The van der Waals surface area contributed by atoms with Crippen molar-refractivity contribution >= 4 is 23.8 Å². The Morgan fingerprint density at radius 1 is 1.21 bits per heavy atom. The number of nitrogens with one attached hydrogen (secondary N) is 1. The lowest BCUT2D eigenvalue weighted by Gasteiger charge is -2.08. The van der Waals surface area contributed by atoms with Crippen LogP contribution in [0.15, 0.2) is 67.0 Å². The smallest absolute Gasteiger partial charge is 0.341 e. The van der Waals surface area contributed by atoms with Crippen LogP contribution in [0.5, 0.6) is 5.75 Å². The molecule has 0 radical (unpaired) electrons. The monoisotopic (exact) mass is 391 g/mol. The van der Waals surface area contributed by atoms with Gasteiger partial charge in [-0.15, -0.1) is 0 Å². The van der Waals surface area contributed by atoms with Crippen LogP contribution in [-0.4, -0.2) is 33.1 Å². The number of carbonyl (C=O) groups is 2. The summed E-state index contributed by atoms with van der Waals surface area (Å²) >= 11 is 0. The number of rotatable bonds is 8. The zero-order valence-electron chi connectivity index (χ0n) is 15.9. The van der Waals surface area contributed by atoms with E-state index < -0.39 is 5.97 Å². The first-order chi connectivity index (χ1) is 14.0. The van der Waals surface area contributed by atoms with E-state index in [0.717, 1.165) is 11.1 Å². The van der Waals surface area contributed by atoms with Gasteiger partial charge in [0.2, 0.25) is 0 Å². The van der Waals surface area contributed by atoms with Crippen LogP contribution >= 0.6 is 0 Å². The number of aromatic nitrogens is 2. The van der Waals surface area contributed by atoms with Crippen LogP contribution in [0.25, 0.3) is 6.08 Å². The maximum Gasteiger partial charge on any atom is 0.341 e. The Labute approximate surface area is 168 Å². The number of hydrogen-bond acceptors (Lipinski definition) is 4. The highest BCUT2D eigenvalue weighted by atomic mass is 16.5. The van der Waals surface area contributed by atoms with Crippen LogP contribution in [0, 0.1) is 6.92 Å². The van der Waals surface area contributed by atoms with Gasteiger partial charge >= 0.3 is 5.97 Å². The van der Waals surface area contributed by atoms with Crippen molar-refractivity contribution in [3.05, 3.63) is 83.8 Å². The number of carboxylic acid groups (broad SMARTS) is 1. The van der Waals surface area contributed by atoms with Gasteiger partial charge in [-0.1, -0.05) is 30.4 Å². The third-order valence-electron chi connectivity index (χ3n) is 4.05. The first-order valence-electron chi connectivity index (χ1n) is 9.01. The van der Waals surface area contributed by atoms with Crippen molar-refractivity contribution in [2.24, 2.45) is 0 Å². The van der Waals surface area contributed by atoms with E-state index in [1.807, 2.05) is 48.0 Å². The number of aliphatic carboxylic acids is 1. The molecule has 0 aliphatic heterocycles. The molecule has 0 saturated carbocycles. The highest BCUT2D eigenvalue weighted by Gasteiger charge is 2.10. The molecule has 0 fully saturated rings. The fourth-order valence-corrected chi connectivity index (χ4v) is 2.66. The standard InChI is InChI=1S/C22H21N3O4/c1-16-9-10-20(23-14-16)24-22(28)19-8-4-12-25(19)11-3-6-17-5-2-7-18(13-17)29-15-21(26)27/h2-10,12-14H,11,15H2,1H3,(H,26,27)(H,23,24,28). The minimum atomic E-state index is -1.02. The number of anilines is 1. The van der Waals surface area contributed by atoms with E-state index in [1.165, 1.54) is 0 Å². The molecule has 148 valence electrons. The molecule has 0 aliphatic rings. The molecule has 0 atom stereocenters. The van der Waals surface area contributed by atoms with Gasteiger partial charge in [0.05, 0.1) is 0 Å². The first kappa shape index (κ1) is 19.9. The van der Waals surface area contributed by atoms with Crippen molar-refractivity contribution in [2.45, 2.75) is 13.5 Å². The third-order valence-corrected chi connectivity index (χ3v) is 4.05. The number of aryl methyl sites for hydroxylation is 1. The second-order valence-electron chi connectivity index (χ2n) is 6.38. The first-order valence-corrected chi connectivity index (χ1v) is 9.01. The Balaban J connectivity index is 1.62. The number of pyridine rings is 1. The van der Waals surface area contributed by atoms with Crippen LogP contribution in [0.3, 0.4) is 0 Å². The molecule has 0 unspecified atom stereocenters. The Bertz CT molecular complexity index is 1020. The van der Waals surface area contributed by atoms with Gasteiger partial charge in [-0.3, -0.25) is 4.79 Å². The largest absolute Gasteiger partial charge is 0.482 e. The van der Waals surface area contributed by atoms with Crippen molar-refractivity contribution in [2.75, 3.05) is 11.9 Å². The number of nitrogens with zero attached hydrogens (tertiary/aromatic N) is 2. The van der Waals surface area contributed by atoms with E-state index in [1.54, 1.807) is 36.5 Å². The summed E-state index contributed by atoms with van der Waals surface area (Å²) in [7, 11) is 0. The highest BCUT2D eigenvalue weighted by Crippen LogP contribution is 2.15. The van der Waals surface area contributed by atoms with Crippen molar-refractivity contribution in [3.63, 3.8) is 0 Å². The minimum Gasteiger partial charge on any atom is -0.482 e. The molecule has 7 heteroatoms. The molecule has 29 heavy (non-hydrogen) atoms. The molecule has 2 aromatic heterocycles. The van der Waals surface area contributed by atoms with Crippen LogP contribution in [0.2, 0.25) is 0 Å². The second kappa shape index (κ2) is 9.36. The Kier molecular flexibility index (Phi) is 6.42. The predicted octanol–water partition coefficient (Wildman–Crippen LogP) is 3.62. The zero-order valence-corrected chi connectivity index (χ0v) is 15.9. The van der Waals surface area contributed by atoms with Crippen LogP contribution < -0.4 is 10.1 Å². The maximum atomic E-state index is 12.5. The molecule has 0 saturated heterocycles. The molecule has 7 nitrogen and oxygen atoms in total. The molecule has 1 aromatic carbocycles. The van der Waals surface area contributed by atoms with Gasteiger partial charge in [0.25, 0.3) is 5.91 Å². The average molecular weight is 391 g/mol. The predicted molar refractivity (Wildman–Crippen MR) is 110 cm³/mol. The summed E-state index contributed by atoms with van der Waals surface area (Å²) in [5, 5.41) is 11.5. The fraction of sp³-hybridized carbons (Fsp3) is 0.136. The number of allylic oxidation sites excluding steroid dienone is 1. The van der Waals surface area contributed by atoms with Gasteiger partial charge in [-0.05, 0) is 48.4 Å². The number of benzene rings is 1. The van der Waals surface area contributed by atoms with Crippen LogP contribution in [0.4, 0.5) is 5.82 Å². The van der Waals surface area contributed by atoms with E-state index in [9.17, 15) is 9.59 Å². The molecule has 1 amide bonds. The van der Waals surface area contributed by atoms with Gasteiger partial charge in [-0.2, -0.15) is 0 Å². The van der Waals surface area contributed by atoms with Crippen molar-refractivity contribution in [1.82, 2.24) is 9.55 Å². The van der Waals surface area contributed by atoms with Crippen molar-refractivity contribution < 1.29 is 19.4 Å². The van der Waals surface area contributed by atoms with E-state index in [4.69, 9.17) is 9.84 Å². The number of ether oxygens (including phenoxy) is 1. The second-order valence-corrected chi connectivity index (χ2v) is 6.38. The zero-order chi connectivity index (χ0) is 20.6. The minimum absolute atomic E-state index is 0.233. The molecule has 2 N–H and O–H groups in total. The number of amides is 1. The summed E-state index contributed by atoms with van der Waals surface area (Å²) in [6, 6.07) is 14.3. The molecule has 0 bridgehead atoms. The Hall–Kier alpha value is -3.87. The maximum absolute atomic E-state index is 12.5. The number of carbonyl (C=O) groups excluding carboxylic acids is 1. The molecular weight excluding hydrogens is 370 g/mol. The number of carboxylic acids is 1. The summed E-state index contributed by atoms with van der Waals surface area (Å²) in [5.74, 6) is -0.266. The quantitative estimate of drug-likeness (QED) is 0.612. The van der Waals surface area contributed by atoms with Crippen molar-refractivity contribution in [3.8, 4) is 5.75 Å². The van der Waals surface area contributed by atoms with E-state index in [-0.39, 0.29) is 12.5 Å². The van der Waals surface area contributed by atoms with Gasteiger partial charge < -0.3 is 19.7 Å². The SMILES string of the molecule is Cc1ccc(NC(=O)c2cccn2CC=Cc2cccc(OCC(=O)O)c2)nc1. The van der Waals surface area contributed by atoms with Gasteiger partial charge in [0.15, 0.2) is 6.61 Å². The summed E-state index contributed by atoms with van der Waals surface area (Å²) in [4.78, 5) is 27.3. The molecular formula is C22H21N3O4. The fourth-order valence-electron chi connectivity index (χ4n) is 2.66. The van der Waals surface area contributed by atoms with Crippen LogP contribution in [-0.2, 0) is 11.3 Å². The lowest BCUT2D eigenvalue weighted by Crippen LogP contribution is -2.17. The Morgan fingerprint density at radius 3 is 2.83 bits per heavy atom. The van der Waals surface area contributed by atoms with Gasteiger partial charge in [0, 0.05) is 18.9 Å². The molecule has 3 rings (SSSR count).